The molecule has 0 heterocycles. The summed E-state index contributed by atoms with van der Waals surface area (Å²) in [5.41, 5.74) is 9.47. The Labute approximate surface area is 239 Å². The number of amides is 2. The molecule has 0 spiro atoms. The monoisotopic (exact) mass is 543 g/mol. The van der Waals surface area contributed by atoms with Crippen molar-refractivity contribution in [2.45, 2.75) is 64.4 Å². The fraction of sp³-hybridized carbons (Fsp3) is 0.412. The van der Waals surface area contributed by atoms with Gasteiger partial charge in [0, 0.05) is 36.7 Å². The van der Waals surface area contributed by atoms with Crippen molar-refractivity contribution < 1.29 is 14.7 Å². The van der Waals surface area contributed by atoms with Gasteiger partial charge in [-0.05, 0) is 73.9 Å². The smallest absolute Gasteiger partial charge is 0.254 e. The van der Waals surface area contributed by atoms with Crippen molar-refractivity contribution in [3.05, 3.63) is 107 Å². The molecule has 3 aromatic carbocycles. The van der Waals surface area contributed by atoms with Gasteiger partial charge in [-0.15, -0.1) is 0 Å². The van der Waals surface area contributed by atoms with E-state index >= 15 is 0 Å². The van der Waals surface area contributed by atoms with Crippen LogP contribution in [0.4, 0.5) is 0 Å². The van der Waals surface area contributed by atoms with E-state index in [0.717, 1.165) is 44.2 Å². The van der Waals surface area contributed by atoms with Crippen LogP contribution in [0.2, 0.25) is 0 Å². The highest BCUT2D eigenvalue weighted by molar-refractivity contribution is 6.02. The lowest BCUT2D eigenvalue weighted by Crippen LogP contribution is -2.37. The van der Waals surface area contributed by atoms with Crippen LogP contribution in [-0.4, -0.2) is 54.1 Å². The van der Waals surface area contributed by atoms with E-state index in [1.807, 2.05) is 55.1 Å². The maximum Gasteiger partial charge on any atom is 0.254 e. The number of primary amides is 1. The second-order valence-corrected chi connectivity index (χ2v) is 10.4. The van der Waals surface area contributed by atoms with Crippen LogP contribution in [0.15, 0.2) is 78.9 Å². The molecule has 6 nitrogen and oxygen atoms in total. The summed E-state index contributed by atoms with van der Waals surface area (Å²) in [6, 6.07) is 25.5. The molecule has 0 aliphatic heterocycles. The number of hydrogen-bond acceptors (Lipinski definition) is 4. The highest BCUT2D eigenvalue weighted by atomic mass is 16.3. The third kappa shape index (κ3) is 9.04. The lowest BCUT2D eigenvalue weighted by Gasteiger charge is -2.29. The molecule has 0 aromatic heterocycles. The lowest BCUT2D eigenvalue weighted by atomic mass is 9.81. The summed E-state index contributed by atoms with van der Waals surface area (Å²) in [5.74, 6) is -1.21. The quantitative estimate of drug-likeness (QED) is 0.200. The van der Waals surface area contributed by atoms with Crippen molar-refractivity contribution in [2.24, 2.45) is 5.73 Å². The molecule has 0 aliphatic rings. The average Bonchev–Trinajstić information content (AvgIpc) is 2.97. The molecule has 4 N–H and O–H groups in total. The molecular weight excluding hydrogens is 498 g/mol. The Morgan fingerprint density at radius 1 is 0.825 bits per heavy atom. The summed E-state index contributed by atoms with van der Waals surface area (Å²) in [7, 11) is 0. The summed E-state index contributed by atoms with van der Waals surface area (Å²) in [4.78, 5) is 28.3. The summed E-state index contributed by atoms with van der Waals surface area (Å²) < 4.78 is 0. The first-order valence-electron chi connectivity index (χ1n) is 14.6. The highest BCUT2D eigenvalue weighted by Gasteiger charge is 2.31. The molecule has 6 heteroatoms. The zero-order chi connectivity index (χ0) is 28.7. The van der Waals surface area contributed by atoms with E-state index in [0.29, 0.717) is 42.7 Å². The Bertz CT molecular complexity index is 1180. The Balaban J connectivity index is 1.84. The number of nitrogens with one attached hydrogen (secondary N) is 1. The minimum atomic E-state index is -0.827. The van der Waals surface area contributed by atoms with Crippen molar-refractivity contribution in [1.82, 2.24) is 10.2 Å². The van der Waals surface area contributed by atoms with Gasteiger partial charge < -0.3 is 21.1 Å². The number of nitrogens with two attached hydrogens (primary N) is 1. The molecule has 3 rings (SSSR count). The second-order valence-electron chi connectivity index (χ2n) is 10.4. The van der Waals surface area contributed by atoms with Crippen molar-refractivity contribution in [1.29, 1.82) is 0 Å². The van der Waals surface area contributed by atoms with Gasteiger partial charge in [-0.2, -0.15) is 0 Å². The number of aliphatic hydroxyl groups excluding tert-OH is 1. The van der Waals surface area contributed by atoms with E-state index in [-0.39, 0.29) is 5.91 Å². The molecule has 0 bridgehead atoms. The van der Waals surface area contributed by atoms with Crippen molar-refractivity contribution in [3.63, 3.8) is 0 Å². The van der Waals surface area contributed by atoms with Crippen LogP contribution in [-0.2, 0) is 12.8 Å². The van der Waals surface area contributed by atoms with Gasteiger partial charge in [0.15, 0.2) is 0 Å². The van der Waals surface area contributed by atoms with Gasteiger partial charge in [0.1, 0.15) is 0 Å². The zero-order valence-electron chi connectivity index (χ0n) is 24.0. The fourth-order valence-corrected chi connectivity index (χ4v) is 5.31. The van der Waals surface area contributed by atoms with Crippen molar-refractivity contribution in [3.8, 4) is 0 Å². The number of rotatable bonds is 17. The molecule has 0 saturated carbocycles. The number of hydrogen-bond donors (Lipinski definition) is 3. The molecule has 0 radical (unpaired) electrons. The number of benzene rings is 3. The first kappa shape index (κ1) is 31.1. The maximum absolute atomic E-state index is 13.8. The van der Waals surface area contributed by atoms with Gasteiger partial charge in [0.25, 0.3) is 5.91 Å². The van der Waals surface area contributed by atoms with E-state index in [2.05, 4.69) is 29.6 Å². The minimum absolute atomic E-state index is 0.124. The van der Waals surface area contributed by atoms with Crippen LogP contribution in [0.5, 0.6) is 0 Å². The molecule has 214 valence electrons. The van der Waals surface area contributed by atoms with Crippen LogP contribution in [0.25, 0.3) is 0 Å². The topological polar surface area (TPSA) is 95.7 Å². The molecular formula is C34H45N3O3. The van der Waals surface area contributed by atoms with Gasteiger partial charge in [-0.1, -0.05) is 80.6 Å². The first-order valence-corrected chi connectivity index (χ1v) is 14.6. The average molecular weight is 544 g/mol. The van der Waals surface area contributed by atoms with Crippen LogP contribution < -0.4 is 11.1 Å². The van der Waals surface area contributed by atoms with Crippen LogP contribution >= 0.6 is 0 Å². The van der Waals surface area contributed by atoms with Gasteiger partial charge in [0.05, 0.1) is 6.10 Å². The van der Waals surface area contributed by atoms with Gasteiger partial charge >= 0.3 is 0 Å². The van der Waals surface area contributed by atoms with E-state index in [1.54, 1.807) is 18.2 Å². The Kier molecular flexibility index (Phi) is 12.9. The van der Waals surface area contributed by atoms with Gasteiger partial charge in [-0.3, -0.25) is 9.59 Å². The molecule has 40 heavy (non-hydrogen) atoms. The standard InChI is InChI=1S/C34H45N3O3/c1-3-22-37(23-4-2)34(40)29-20-13-19-28(33(35)39)32(29)30(24-27-17-9-6-10-18-27)31(38)25-36-21-12-11-16-26-14-7-5-8-15-26/h5-10,13-15,17-20,30-31,36,38H,3-4,11-12,16,21-25H2,1-2H3,(H2,35,39)/t30-,31+/m1/s1. The van der Waals surface area contributed by atoms with Crippen LogP contribution in [0.1, 0.15) is 82.9 Å². The van der Waals surface area contributed by atoms with E-state index in [9.17, 15) is 14.7 Å². The lowest BCUT2D eigenvalue weighted by molar-refractivity contribution is 0.0751. The molecule has 0 aliphatic carbocycles. The number of aryl methyl sites for hydroxylation is 1. The summed E-state index contributed by atoms with van der Waals surface area (Å²) >= 11 is 0. The third-order valence-electron chi connectivity index (χ3n) is 7.28. The predicted molar refractivity (Wildman–Crippen MR) is 163 cm³/mol. The summed E-state index contributed by atoms with van der Waals surface area (Å²) in [5, 5.41) is 15.0. The zero-order valence-corrected chi connectivity index (χ0v) is 24.0. The van der Waals surface area contributed by atoms with Crippen molar-refractivity contribution in [2.75, 3.05) is 26.2 Å². The molecule has 2 amide bonds. The molecule has 3 aromatic rings. The highest BCUT2D eigenvalue weighted by Crippen LogP contribution is 2.32. The Morgan fingerprint density at radius 3 is 2.02 bits per heavy atom. The van der Waals surface area contributed by atoms with Crippen molar-refractivity contribution >= 4 is 11.8 Å². The third-order valence-corrected chi connectivity index (χ3v) is 7.28. The molecule has 0 fully saturated rings. The number of carbonyl (C=O) groups is 2. The van der Waals surface area contributed by atoms with E-state index in [4.69, 9.17) is 5.73 Å². The fourth-order valence-electron chi connectivity index (χ4n) is 5.31. The summed E-state index contributed by atoms with van der Waals surface area (Å²) in [6.07, 6.45) is 4.37. The largest absolute Gasteiger partial charge is 0.391 e. The summed E-state index contributed by atoms with van der Waals surface area (Å²) in [6.45, 7) is 6.46. The Morgan fingerprint density at radius 2 is 1.43 bits per heavy atom. The molecule has 0 saturated heterocycles. The normalized spacial score (nSPS) is 12.6. The Hall–Kier alpha value is -3.48. The number of carbonyl (C=O) groups excluding carboxylic acids is 2. The predicted octanol–water partition coefficient (Wildman–Crippen LogP) is 5.35. The van der Waals surface area contributed by atoms with Gasteiger partial charge in [-0.25, -0.2) is 0 Å². The first-order chi connectivity index (χ1) is 19.5. The molecule has 2 atom stereocenters. The SMILES string of the molecule is CCCN(CCC)C(=O)c1cccc(C(N)=O)c1[C@H](Cc1ccccc1)[C@@H](O)CNCCCCc1ccccc1. The number of unbranched alkanes of at least 4 members (excludes halogenated alkanes) is 1. The maximum atomic E-state index is 13.8. The minimum Gasteiger partial charge on any atom is -0.391 e. The van der Waals surface area contributed by atoms with E-state index < -0.39 is 17.9 Å². The second kappa shape index (κ2) is 16.6. The van der Waals surface area contributed by atoms with Gasteiger partial charge in [0.2, 0.25) is 5.91 Å². The van der Waals surface area contributed by atoms with Crippen LogP contribution in [0, 0.1) is 0 Å². The number of aliphatic hydroxyl groups is 1. The number of nitrogens with zero attached hydrogens (tertiary/aromatic N) is 1. The van der Waals surface area contributed by atoms with E-state index in [1.165, 1.54) is 5.56 Å². The van der Waals surface area contributed by atoms with Crippen LogP contribution in [0.3, 0.4) is 0 Å². The molecule has 0 unspecified atom stereocenters.